The number of anilines is 1. The lowest BCUT2D eigenvalue weighted by molar-refractivity contribution is 1.16. The standard InChI is InChI=1S/C11H9BrClN3/c1-14-10-4-5-15-11(16-10)8-3-2-7(13)6-9(8)12/h2-6H,1H3,(H,14,15,16). The molecule has 16 heavy (non-hydrogen) atoms. The van der Waals surface area contributed by atoms with Crippen LogP contribution >= 0.6 is 27.5 Å². The third-order valence-electron chi connectivity index (χ3n) is 2.08. The van der Waals surface area contributed by atoms with Crippen LogP contribution in [0.3, 0.4) is 0 Å². The predicted octanol–water partition coefficient (Wildman–Crippen LogP) is 3.60. The molecule has 1 N–H and O–H groups in total. The molecular formula is C11H9BrClN3. The van der Waals surface area contributed by atoms with Gasteiger partial charge in [0.25, 0.3) is 0 Å². The van der Waals surface area contributed by atoms with Crippen molar-refractivity contribution in [2.45, 2.75) is 0 Å². The number of hydrogen-bond donors (Lipinski definition) is 1. The van der Waals surface area contributed by atoms with Crippen LogP contribution in [-0.2, 0) is 0 Å². The van der Waals surface area contributed by atoms with Gasteiger partial charge in [0.2, 0.25) is 0 Å². The lowest BCUT2D eigenvalue weighted by atomic mass is 10.2. The summed E-state index contributed by atoms with van der Waals surface area (Å²) in [6, 6.07) is 7.35. The van der Waals surface area contributed by atoms with Crippen molar-refractivity contribution in [3.8, 4) is 11.4 Å². The molecule has 5 heteroatoms. The summed E-state index contributed by atoms with van der Waals surface area (Å²) in [4.78, 5) is 8.58. The van der Waals surface area contributed by atoms with Gasteiger partial charge in [-0.1, -0.05) is 11.6 Å². The maximum absolute atomic E-state index is 5.88. The highest BCUT2D eigenvalue weighted by atomic mass is 79.9. The minimum atomic E-state index is 0.662. The highest BCUT2D eigenvalue weighted by Crippen LogP contribution is 2.28. The van der Waals surface area contributed by atoms with Gasteiger partial charge in [0, 0.05) is 28.3 Å². The normalized spacial score (nSPS) is 10.2. The van der Waals surface area contributed by atoms with Gasteiger partial charge < -0.3 is 5.32 Å². The van der Waals surface area contributed by atoms with Crippen LogP contribution in [0, 0.1) is 0 Å². The molecule has 0 spiro atoms. The first-order valence-corrected chi connectivity index (χ1v) is 5.84. The Bertz CT molecular complexity index is 516. The molecule has 0 atom stereocenters. The van der Waals surface area contributed by atoms with Crippen molar-refractivity contribution in [3.05, 3.63) is 40.0 Å². The first kappa shape index (κ1) is 11.4. The van der Waals surface area contributed by atoms with E-state index in [1.807, 2.05) is 31.3 Å². The molecule has 0 aliphatic carbocycles. The molecule has 0 bridgehead atoms. The summed E-state index contributed by atoms with van der Waals surface area (Å²) in [5, 5.41) is 3.66. The van der Waals surface area contributed by atoms with E-state index in [4.69, 9.17) is 11.6 Å². The molecule has 2 aromatic rings. The number of nitrogens with zero attached hydrogens (tertiary/aromatic N) is 2. The minimum Gasteiger partial charge on any atom is -0.373 e. The third-order valence-corrected chi connectivity index (χ3v) is 2.97. The van der Waals surface area contributed by atoms with Gasteiger partial charge in [-0.25, -0.2) is 9.97 Å². The Morgan fingerprint density at radius 2 is 2.12 bits per heavy atom. The summed E-state index contributed by atoms with van der Waals surface area (Å²) in [7, 11) is 1.82. The molecule has 0 fully saturated rings. The highest BCUT2D eigenvalue weighted by Gasteiger charge is 2.06. The summed E-state index contributed by atoms with van der Waals surface area (Å²) in [5.74, 6) is 1.45. The van der Waals surface area contributed by atoms with Gasteiger partial charge >= 0.3 is 0 Å². The van der Waals surface area contributed by atoms with Crippen LogP contribution in [0.25, 0.3) is 11.4 Å². The summed E-state index contributed by atoms with van der Waals surface area (Å²) in [6.45, 7) is 0. The van der Waals surface area contributed by atoms with Crippen molar-refractivity contribution in [1.29, 1.82) is 0 Å². The van der Waals surface area contributed by atoms with E-state index in [-0.39, 0.29) is 0 Å². The lowest BCUT2D eigenvalue weighted by Crippen LogP contribution is -1.96. The molecule has 1 aromatic carbocycles. The maximum Gasteiger partial charge on any atom is 0.162 e. The summed E-state index contributed by atoms with van der Waals surface area (Å²) in [5.41, 5.74) is 0.918. The van der Waals surface area contributed by atoms with Crippen molar-refractivity contribution in [2.75, 3.05) is 12.4 Å². The molecule has 0 amide bonds. The fourth-order valence-corrected chi connectivity index (χ4v) is 2.16. The van der Waals surface area contributed by atoms with Crippen LogP contribution in [-0.4, -0.2) is 17.0 Å². The molecule has 0 unspecified atom stereocenters. The van der Waals surface area contributed by atoms with E-state index in [0.29, 0.717) is 10.8 Å². The Hall–Kier alpha value is -1.13. The molecule has 0 radical (unpaired) electrons. The average Bonchev–Trinajstić information content (AvgIpc) is 2.29. The zero-order valence-electron chi connectivity index (χ0n) is 8.54. The highest BCUT2D eigenvalue weighted by molar-refractivity contribution is 9.10. The third kappa shape index (κ3) is 2.33. The molecule has 1 aromatic heterocycles. The van der Waals surface area contributed by atoms with E-state index < -0.39 is 0 Å². The van der Waals surface area contributed by atoms with Crippen molar-refractivity contribution in [3.63, 3.8) is 0 Å². The molecular weight excluding hydrogens is 289 g/mol. The molecule has 1 heterocycles. The Labute approximate surface area is 107 Å². The van der Waals surface area contributed by atoms with Crippen molar-refractivity contribution in [1.82, 2.24) is 9.97 Å². The van der Waals surface area contributed by atoms with E-state index in [1.165, 1.54) is 0 Å². The van der Waals surface area contributed by atoms with Gasteiger partial charge in [-0.15, -0.1) is 0 Å². The smallest absolute Gasteiger partial charge is 0.162 e. The Kier molecular flexibility index (Phi) is 3.41. The number of nitrogens with one attached hydrogen (secondary N) is 1. The van der Waals surface area contributed by atoms with Crippen LogP contribution in [0.15, 0.2) is 34.9 Å². The molecule has 2 rings (SSSR count). The van der Waals surface area contributed by atoms with Crippen LogP contribution in [0.5, 0.6) is 0 Å². The summed E-state index contributed by atoms with van der Waals surface area (Å²) >= 11 is 9.33. The molecule has 0 saturated carbocycles. The SMILES string of the molecule is CNc1ccnc(-c2ccc(Cl)cc2Br)n1. The van der Waals surface area contributed by atoms with E-state index in [1.54, 1.807) is 6.20 Å². The van der Waals surface area contributed by atoms with E-state index in [9.17, 15) is 0 Å². The number of hydrogen-bond acceptors (Lipinski definition) is 3. The molecule has 3 nitrogen and oxygen atoms in total. The van der Waals surface area contributed by atoms with Crippen molar-refractivity contribution >= 4 is 33.3 Å². The minimum absolute atomic E-state index is 0.662. The average molecular weight is 299 g/mol. The second-order valence-electron chi connectivity index (χ2n) is 3.14. The van der Waals surface area contributed by atoms with Crippen LogP contribution in [0.4, 0.5) is 5.82 Å². The monoisotopic (exact) mass is 297 g/mol. The fourth-order valence-electron chi connectivity index (χ4n) is 1.30. The van der Waals surface area contributed by atoms with Gasteiger partial charge in [-0.05, 0) is 40.2 Å². The number of benzene rings is 1. The summed E-state index contributed by atoms with van der Waals surface area (Å²) in [6.07, 6.45) is 1.72. The number of rotatable bonds is 2. The molecule has 82 valence electrons. The summed E-state index contributed by atoms with van der Waals surface area (Å²) < 4.78 is 0.883. The number of halogens is 2. The van der Waals surface area contributed by atoms with Gasteiger partial charge in [0.1, 0.15) is 5.82 Å². The zero-order chi connectivity index (χ0) is 11.5. The topological polar surface area (TPSA) is 37.8 Å². The quantitative estimate of drug-likeness (QED) is 0.920. The van der Waals surface area contributed by atoms with Gasteiger partial charge in [-0.3, -0.25) is 0 Å². The Balaban J connectivity index is 2.49. The molecule has 0 aliphatic rings. The molecule has 0 aliphatic heterocycles. The Morgan fingerprint density at radius 3 is 2.81 bits per heavy atom. The zero-order valence-corrected chi connectivity index (χ0v) is 10.9. The van der Waals surface area contributed by atoms with E-state index >= 15 is 0 Å². The van der Waals surface area contributed by atoms with Crippen LogP contribution in [0.2, 0.25) is 5.02 Å². The first-order valence-electron chi connectivity index (χ1n) is 4.67. The molecule has 0 saturated heterocycles. The van der Waals surface area contributed by atoms with Crippen molar-refractivity contribution < 1.29 is 0 Å². The van der Waals surface area contributed by atoms with Crippen LogP contribution < -0.4 is 5.32 Å². The largest absolute Gasteiger partial charge is 0.373 e. The van der Waals surface area contributed by atoms with E-state index in [0.717, 1.165) is 15.9 Å². The van der Waals surface area contributed by atoms with Gasteiger partial charge in [0.05, 0.1) is 0 Å². The van der Waals surface area contributed by atoms with Gasteiger partial charge in [-0.2, -0.15) is 0 Å². The van der Waals surface area contributed by atoms with Crippen LogP contribution in [0.1, 0.15) is 0 Å². The van der Waals surface area contributed by atoms with Gasteiger partial charge in [0.15, 0.2) is 5.82 Å². The second-order valence-corrected chi connectivity index (χ2v) is 4.43. The maximum atomic E-state index is 5.88. The lowest BCUT2D eigenvalue weighted by Gasteiger charge is -2.05. The Morgan fingerprint density at radius 1 is 1.31 bits per heavy atom. The number of aromatic nitrogens is 2. The fraction of sp³-hybridized carbons (Fsp3) is 0.0909. The van der Waals surface area contributed by atoms with Crippen molar-refractivity contribution in [2.24, 2.45) is 0 Å². The predicted molar refractivity (Wildman–Crippen MR) is 69.7 cm³/mol. The first-order chi connectivity index (χ1) is 7.70. The van der Waals surface area contributed by atoms with E-state index in [2.05, 4.69) is 31.2 Å². The second kappa shape index (κ2) is 4.80.